The van der Waals surface area contributed by atoms with Gasteiger partial charge in [-0.15, -0.1) is 0 Å². The Kier molecular flexibility index (Phi) is 6.83. The summed E-state index contributed by atoms with van der Waals surface area (Å²) in [5.41, 5.74) is 2.20. The number of pyridine rings is 1. The first-order valence-corrected chi connectivity index (χ1v) is 8.47. The first kappa shape index (κ1) is 20.0. The van der Waals surface area contributed by atoms with Crippen LogP contribution in [0.5, 0.6) is 5.75 Å². The van der Waals surface area contributed by atoms with Crippen LogP contribution < -0.4 is 10.1 Å². The Morgan fingerprint density at radius 2 is 1.88 bits per heavy atom. The average molecular weight is 397 g/mol. The molecule has 138 valence electrons. The maximum absolute atomic E-state index is 12.0. The molecule has 1 heterocycles. The molecule has 0 saturated carbocycles. The molecule has 1 N–H and O–H groups in total. The zero-order valence-corrected chi connectivity index (χ0v) is 16.1. The number of halogens is 2. The third-order valence-corrected chi connectivity index (χ3v) is 4.17. The van der Waals surface area contributed by atoms with Crippen molar-refractivity contribution in [1.29, 1.82) is 0 Å². The predicted molar refractivity (Wildman–Crippen MR) is 100 cm³/mol. The van der Waals surface area contributed by atoms with Crippen molar-refractivity contribution in [2.24, 2.45) is 0 Å². The molecule has 26 heavy (non-hydrogen) atoms. The van der Waals surface area contributed by atoms with Crippen LogP contribution in [-0.4, -0.2) is 30.6 Å². The molecule has 0 aliphatic heterocycles. The molecule has 1 aromatic carbocycles. The first-order chi connectivity index (χ1) is 12.3. The van der Waals surface area contributed by atoms with Crippen LogP contribution in [0.4, 0.5) is 5.82 Å². The third kappa shape index (κ3) is 5.34. The Morgan fingerprint density at radius 1 is 1.15 bits per heavy atom. The van der Waals surface area contributed by atoms with Crippen molar-refractivity contribution in [3.8, 4) is 5.75 Å². The molecule has 0 aliphatic rings. The highest BCUT2D eigenvalue weighted by Gasteiger charge is 2.14. The van der Waals surface area contributed by atoms with Gasteiger partial charge in [0.05, 0.1) is 29.3 Å². The summed E-state index contributed by atoms with van der Waals surface area (Å²) in [4.78, 5) is 28.0. The van der Waals surface area contributed by atoms with E-state index in [0.29, 0.717) is 22.0 Å². The van der Waals surface area contributed by atoms with Gasteiger partial charge in [0.25, 0.3) is 5.91 Å². The quantitative estimate of drug-likeness (QED) is 0.752. The van der Waals surface area contributed by atoms with Gasteiger partial charge in [-0.05, 0) is 26.0 Å². The van der Waals surface area contributed by atoms with Crippen molar-refractivity contribution in [3.63, 3.8) is 0 Å². The van der Waals surface area contributed by atoms with Crippen LogP contribution in [0.3, 0.4) is 0 Å². The van der Waals surface area contributed by atoms with Gasteiger partial charge in [0, 0.05) is 5.56 Å². The fourth-order valence-electron chi connectivity index (χ4n) is 2.21. The summed E-state index contributed by atoms with van der Waals surface area (Å²) in [7, 11) is 1.53. The molecule has 0 fully saturated rings. The van der Waals surface area contributed by atoms with Crippen molar-refractivity contribution >= 4 is 40.9 Å². The largest absolute Gasteiger partial charge is 0.496 e. The molecule has 1 aromatic heterocycles. The highest BCUT2D eigenvalue weighted by Crippen LogP contribution is 2.25. The topological polar surface area (TPSA) is 77.5 Å². The summed E-state index contributed by atoms with van der Waals surface area (Å²) in [6, 6.07) is 6.98. The Labute approximate surface area is 161 Å². The molecule has 2 aromatic rings. The molecule has 0 aliphatic carbocycles. The number of carbonyl (C=O) groups is 2. The summed E-state index contributed by atoms with van der Waals surface area (Å²) in [5.74, 6) is -0.347. The highest BCUT2D eigenvalue weighted by atomic mass is 35.5. The Morgan fingerprint density at radius 3 is 2.58 bits per heavy atom. The molecule has 0 atom stereocenters. The number of hydrogen-bond acceptors (Lipinski definition) is 5. The van der Waals surface area contributed by atoms with Gasteiger partial charge in [0.15, 0.2) is 12.4 Å². The number of aromatic nitrogens is 1. The van der Waals surface area contributed by atoms with Crippen LogP contribution in [-0.2, 0) is 20.7 Å². The second-order valence-corrected chi connectivity index (χ2v) is 6.40. The van der Waals surface area contributed by atoms with Gasteiger partial charge < -0.3 is 14.8 Å². The van der Waals surface area contributed by atoms with Crippen molar-refractivity contribution in [2.75, 3.05) is 19.0 Å². The molecule has 0 saturated heterocycles. The maximum atomic E-state index is 12.0. The molecule has 8 heteroatoms. The van der Waals surface area contributed by atoms with Crippen LogP contribution >= 0.6 is 23.2 Å². The van der Waals surface area contributed by atoms with Crippen molar-refractivity contribution in [3.05, 3.63) is 51.1 Å². The molecular formula is C18H18Cl2N2O4. The first-order valence-electron chi connectivity index (χ1n) is 7.71. The second kappa shape index (κ2) is 8.87. The number of methoxy groups -OCH3 is 1. The van der Waals surface area contributed by atoms with Gasteiger partial charge in [0.1, 0.15) is 5.75 Å². The molecule has 6 nitrogen and oxygen atoms in total. The monoisotopic (exact) mass is 396 g/mol. The van der Waals surface area contributed by atoms with Gasteiger partial charge in [-0.1, -0.05) is 40.9 Å². The van der Waals surface area contributed by atoms with Gasteiger partial charge in [-0.25, -0.2) is 4.98 Å². The van der Waals surface area contributed by atoms with Gasteiger partial charge >= 0.3 is 5.97 Å². The lowest BCUT2D eigenvalue weighted by atomic mass is 10.1. The van der Waals surface area contributed by atoms with E-state index in [1.165, 1.54) is 13.2 Å². The van der Waals surface area contributed by atoms with Crippen molar-refractivity contribution in [1.82, 2.24) is 4.98 Å². The van der Waals surface area contributed by atoms with Crippen LogP contribution in [0, 0.1) is 13.8 Å². The van der Waals surface area contributed by atoms with Crippen LogP contribution in [0.15, 0.2) is 24.3 Å². The molecular weight excluding hydrogens is 379 g/mol. The van der Waals surface area contributed by atoms with E-state index in [0.717, 1.165) is 5.56 Å². The van der Waals surface area contributed by atoms with E-state index in [4.69, 9.17) is 32.7 Å². The number of nitrogens with one attached hydrogen (secondary N) is 1. The van der Waals surface area contributed by atoms with E-state index in [1.807, 2.05) is 19.1 Å². The number of aryl methyl sites for hydroxylation is 2. The lowest BCUT2D eigenvalue weighted by Gasteiger charge is -2.10. The Bertz CT molecular complexity index is 840. The second-order valence-electron chi connectivity index (χ2n) is 5.59. The predicted octanol–water partition coefficient (Wildman–Crippen LogP) is 3.74. The number of amides is 1. The fourth-order valence-corrected chi connectivity index (χ4v) is 2.62. The molecule has 1 amide bonds. The number of esters is 1. The molecule has 0 radical (unpaired) electrons. The number of hydrogen-bond donors (Lipinski definition) is 1. The minimum Gasteiger partial charge on any atom is -0.496 e. The smallest absolute Gasteiger partial charge is 0.310 e. The summed E-state index contributed by atoms with van der Waals surface area (Å²) >= 11 is 11.9. The molecule has 0 bridgehead atoms. The van der Waals surface area contributed by atoms with Crippen molar-refractivity contribution in [2.45, 2.75) is 20.3 Å². The average Bonchev–Trinajstić information content (AvgIpc) is 2.58. The van der Waals surface area contributed by atoms with Gasteiger partial charge in [-0.3, -0.25) is 9.59 Å². The maximum Gasteiger partial charge on any atom is 0.310 e. The van der Waals surface area contributed by atoms with Crippen molar-refractivity contribution < 1.29 is 19.1 Å². The van der Waals surface area contributed by atoms with E-state index in [2.05, 4.69) is 10.3 Å². The lowest BCUT2D eigenvalue weighted by Crippen LogP contribution is -2.22. The summed E-state index contributed by atoms with van der Waals surface area (Å²) in [6.45, 7) is 3.14. The van der Waals surface area contributed by atoms with E-state index >= 15 is 0 Å². The number of benzene rings is 1. The molecule has 0 spiro atoms. The van der Waals surface area contributed by atoms with E-state index < -0.39 is 18.5 Å². The SMILES string of the molecule is COc1ccc(C)cc1CC(=O)OCC(=O)Nc1nc(C)c(Cl)cc1Cl. The third-order valence-electron chi connectivity index (χ3n) is 3.50. The van der Waals surface area contributed by atoms with Crippen LogP contribution in [0.25, 0.3) is 0 Å². The minimum absolute atomic E-state index is 0.00279. The van der Waals surface area contributed by atoms with E-state index in [1.54, 1.807) is 13.0 Å². The normalized spacial score (nSPS) is 10.3. The highest BCUT2D eigenvalue weighted by molar-refractivity contribution is 6.36. The number of ether oxygens (including phenoxy) is 2. The number of nitrogens with zero attached hydrogens (tertiary/aromatic N) is 1. The fraction of sp³-hybridized carbons (Fsp3) is 0.278. The molecule has 0 unspecified atom stereocenters. The summed E-state index contributed by atoms with van der Waals surface area (Å²) in [5, 5.41) is 3.08. The zero-order chi connectivity index (χ0) is 19.3. The number of rotatable bonds is 6. The minimum atomic E-state index is -0.550. The van der Waals surface area contributed by atoms with Crippen LogP contribution in [0.1, 0.15) is 16.8 Å². The number of carbonyl (C=O) groups excluding carboxylic acids is 2. The molecule has 2 rings (SSSR count). The Hall–Kier alpha value is -2.31. The zero-order valence-electron chi connectivity index (χ0n) is 14.6. The van der Waals surface area contributed by atoms with Gasteiger partial charge in [0.2, 0.25) is 0 Å². The number of anilines is 1. The van der Waals surface area contributed by atoms with E-state index in [-0.39, 0.29) is 17.3 Å². The Balaban J connectivity index is 1.92. The van der Waals surface area contributed by atoms with Crippen LogP contribution in [0.2, 0.25) is 10.0 Å². The van der Waals surface area contributed by atoms with E-state index in [9.17, 15) is 9.59 Å². The lowest BCUT2D eigenvalue weighted by molar-refractivity contribution is -0.146. The standard InChI is InChI=1S/C18H18Cl2N2O4/c1-10-4-5-15(25-3)12(6-10)7-17(24)26-9-16(23)22-18-14(20)8-13(19)11(2)21-18/h4-6,8H,7,9H2,1-3H3,(H,21,22,23). The summed E-state index contributed by atoms with van der Waals surface area (Å²) < 4.78 is 10.2. The van der Waals surface area contributed by atoms with Gasteiger partial charge in [-0.2, -0.15) is 0 Å². The summed E-state index contributed by atoms with van der Waals surface area (Å²) in [6.07, 6.45) is -0.00279.